The molecule has 5 nitrogen and oxygen atoms in total. The molecule has 0 aromatic heterocycles. The number of nitrogens with zero attached hydrogens (tertiary/aromatic N) is 2. The van der Waals surface area contributed by atoms with Crippen molar-refractivity contribution in [3.05, 3.63) is 75.5 Å². The molecule has 2 aromatic carbocycles. The molecule has 0 radical (unpaired) electrons. The first-order valence-electron chi connectivity index (χ1n) is 9.89. The van der Waals surface area contributed by atoms with Gasteiger partial charge in [-0.1, -0.05) is 54.0 Å². The molecule has 1 aliphatic heterocycles. The van der Waals surface area contributed by atoms with Gasteiger partial charge in [0.1, 0.15) is 11.6 Å². The van der Waals surface area contributed by atoms with Crippen molar-refractivity contribution >= 4 is 33.4 Å². The maximum absolute atomic E-state index is 13.5. The number of carbonyl (C=O) groups excluding carboxylic acids is 2. The van der Waals surface area contributed by atoms with Crippen LogP contribution in [0.15, 0.2) is 58.6 Å². The van der Waals surface area contributed by atoms with Crippen LogP contribution in [0.4, 0.5) is 4.39 Å². The molecule has 158 valence electrons. The summed E-state index contributed by atoms with van der Waals surface area (Å²) in [6, 6.07) is 11.7. The van der Waals surface area contributed by atoms with E-state index in [1.807, 2.05) is 13.8 Å². The molecule has 0 bridgehead atoms. The summed E-state index contributed by atoms with van der Waals surface area (Å²) < 4.78 is 14.3. The molecule has 7 heteroatoms. The number of carbonyl (C=O) groups is 2. The fourth-order valence-corrected chi connectivity index (χ4v) is 3.92. The highest BCUT2D eigenvalue weighted by Crippen LogP contribution is 2.39. The lowest BCUT2D eigenvalue weighted by Crippen LogP contribution is -2.38. The van der Waals surface area contributed by atoms with Crippen molar-refractivity contribution in [1.82, 2.24) is 9.80 Å². The van der Waals surface area contributed by atoms with E-state index >= 15 is 0 Å². The summed E-state index contributed by atoms with van der Waals surface area (Å²) in [7, 11) is 0. The topological polar surface area (TPSA) is 60.9 Å². The van der Waals surface area contributed by atoms with Gasteiger partial charge in [-0.15, -0.1) is 0 Å². The van der Waals surface area contributed by atoms with Crippen molar-refractivity contribution in [3.63, 3.8) is 0 Å². The first kappa shape index (κ1) is 22.2. The van der Waals surface area contributed by atoms with Gasteiger partial charge in [0.2, 0.25) is 0 Å². The van der Waals surface area contributed by atoms with Gasteiger partial charge in [-0.05, 0) is 42.9 Å². The minimum Gasteiger partial charge on any atom is -0.507 e. The number of halogens is 2. The highest BCUT2D eigenvalue weighted by atomic mass is 79.9. The normalized spacial score (nSPS) is 18.4. The van der Waals surface area contributed by atoms with E-state index in [1.54, 1.807) is 36.4 Å². The number of aliphatic hydroxyl groups is 1. The fraction of sp³-hybridized carbons (Fsp3) is 0.304. The Balaban J connectivity index is 2.08. The number of Topliss-reactive ketones (excluding diaryl/α,β-unsaturated/α-hetero) is 1. The SMILES string of the molecule is CCN(CC)CCN1C(=O)C(=O)/C(=C(\O)c2ccc(Br)cc2)C1c1ccc(F)cc1. The van der Waals surface area contributed by atoms with E-state index in [1.165, 1.54) is 17.0 Å². The summed E-state index contributed by atoms with van der Waals surface area (Å²) >= 11 is 3.34. The fourth-order valence-electron chi connectivity index (χ4n) is 3.65. The minimum atomic E-state index is -0.773. The first-order chi connectivity index (χ1) is 14.4. The summed E-state index contributed by atoms with van der Waals surface area (Å²) in [5.74, 6) is -2.04. The summed E-state index contributed by atoms with van der Waals surface area (Å²) in [5.41, 5.74) is 1.04. The summed E-state index contributed by atoms with van der Waals surface area (Å²) in [5, 5.41) is 11.0. The molecule has 3 rings (SSSR count). The molecule has 2 aromatic rings. The lowest BCUT2D eigenvalue weighted by molar-refractivity contribution is -0.140. The maximum Gasteiger partial charge on any atom is 0.295 e. The van der Waals surface area contributed by atoms with Crippen LogP contribution in [0.5, 0.6) is 0 Å². The van der Waals surface area contributed by atoms with E-state index < -0.39 is 23.5 Å². The predicted octanol–water partition coefficient (Wildman–Crippen LogP) is 4.35. The smallest absolute Gasteiger partial charge is 0.295 e. The van der Waals surface area contributed by atoms with Crippen molar-refractivity contribution in [3.8, 4) is 0 Å². The van der Waals surface area contributed by atoms with Crippen LogP contribution in [0.3, 0.4) is 0 Å². The second-order valence-corrected chi connectivity index (χ2v) is 7.99. The molecule has 1 unspecified atom stereocenters. The molecular formula is C23H24BrFN2O3. The van der Waals surface area contributed by atoms with Gasteiger partial charge >= 0.3 is 0 Å². The van der Waals surface area contributed by atoms with E-state index in [0.717, 1.165) is 17.6 Å². The number of hydrogen-bond acceptors (Lipinski definition) is 4. The van der Waals surface area contributed by atoms with Crippen LogP contribution < -0.4 is 0 Å². The third kappa shape index (κ3) is 4.47. The predicted molar refractivity (Wildman–Crippen MR) is 117 cm³/mol. The molecule has 1 amide bonds. The van der Waals surface area contributed by atoms with Crippen LogP contribution >= 0.6 is 15.9 Å². The van der Waals surface area contributed by atoms with Crippen LogP contribution in [0.25, 0.3) is 5.76 Å². The van der Waals surface area contributed by atoms with E-state index in [0.29, 0.717) is 24.2 Å². The number of likely N-dealkylation sites (N-methyl/N-ethyl adjacent to an activating group) is 1. The summed E-state index contributed by atoms with van der Waals surface area (Å²) in [6.45, 7) is 6.62. The number of benzene rings is 2. The average Bonchev–Trinajstić information content (AvgIpc) is 3.00. The van der Waals surface area contributed by atoms with E-state index in [4.69, 9.17) is 0 Å². The monoisotopic (exact) mass is 474 g/mol. The van der Waals surface area contributed by atoms with Gasteiger partial charge in [0.05, 0.1) is 11.6 Å². The van der Waals surface area contributed by atoms with Gasteiger partial charge in [0.25, 0.3) is 11.7 Å². The molecule has 1 saturated heterocycles. The highest BCUT2D eigenvalue weighted by molar-refractivity contribution is 9.10. The molecule has 1 N–H and O–H groups in total. The zero-order chi connectivity index (χ0) is 21.8. The molecule has 1 atom stereocenters. The Hall–Kier alpha value is -2.51. The number of ketones is 1. The molecule has 1 aliphatic rings. The minimum absolute atomic E-state index is 0.0217. The Labute approximate surface area is 183 Å². The maximum atomic E-state index is 13.5. The third-order valence-corrected chi connectivity index (χ3v) is 5.92. The van der Waals surface area contributed by atoms with Gasteiger partial charge in [-0.25, -0.2) is 4.39 Å². The quantitative estimate of drug-likeness (QED) is 0.368. The van der Waals surface area contributed by atoms with Crippen molar-refractivity contribution in [1.29, 1.82) is 0 Å². The molecule has 0 aliphatic carbocycles. The Bertz CT molecular complexity index is 953. The number of hydrogen-bond donors (Lipinski definition) is 1. The van der Waals surface area contributed by atoms with Crippen LogP contribution in [0, 0.1) is 5.82 Å². The Morgan fingerprint density at radius 1 is 1.07 bits per heavy atom. The molecular weight excluding hydrogens is 451 g/mol. The van der Waals surface area contributed by atoms with Crippen molar-refractivity contribution in [2.45, 2.75) is 19.9 Å². The lowest BCUT2D eigenvalue weighted by Gasteiger charge is -2.28. The Morgan fingerprint density at radius 3 is 2.23 bits per heavy atom. The number of aliphatic hydroxyl groups excluding tert-OH is 1. The van der Waals surface area contributed by atoms with Crippen LogP contribution in [0.1, 0.15) is 31.0 Å². The molecule has 30 heavy (non-hydrogen) atoms. The zero-order valence-electron chi connectivity index (χ0n) is 16.9. The standard InChI is InChI=1S/C23H24BrFN2O3/c1-3-26(4-2)13-14-27-20(15-7-11-18(25)12-8-15)19(22(29)23(27)30)21(28)16-5-9-17(24)10-6-16/h5-12,20,28H,3-4,13-14H2,1-2H3/b21-19-. The largest absolute Gasteiger partial charge is 0.507 e. The van der Waals surface area contributed by atoms with Crippen molar-refractivity contribution in [2.24, 2.45) is 0 Å². The highest BCUT2D eigenvalue weighted by Gasteiger charge is 2.45. The molecule has 1 heterocycles. The van der Waals surface area contributed by atoms with E-state index in [-0.39, 0.29) is 11.3 Å². The van der Waals surface area contributed by atoms with Gasteiger partial charge in [0, 0.05) is 23.1 Å². The van der Waals surface area contributed by atoms with E-state index in [2.05, 4.69) is 20.8 Å². The zero-order valence-corrected chi connectivity index (χ0v) is 18.5. The molecule has 0 saturated carbocycles. The van der Waals surface area contributed by atoms with Crippen LogP contribution in [-0.4, -0.2) is 52.8 Å². The second-order valence-electron chi connectivity index (χ2n) is 7.08. The Kier molecular flexibility index (Phi) is 7.05. The summed E-state index contributed by atoms with van der Waals surface area (Å²) in [4.78, 5) is 29.4. The van der Waals surface area contributed by atoms with Crippen molar-refractivity contribution in [2.75, 3.05) is 26.2 Å². The lowest BCUT2D eigenvalue weighted by atomic mass is 9.95. The number of likely N-dealkylation sites (tertiary alicyclic amines) is 1. The number of rotatable bonds is 7. The van der Waals surface area contributed by atoms with Crippen LogP contribution in [-0.2, 0) is 9.59 Å². The van der Waals surface area contributed by atoms with Crippen molar-refractivity contribution < 1.29 is 19.1 Å². The third-order valence-electron chi connectivity index (χ3n) is 5.39. The second kappa shape index (κ2) is 9.53. The molecule has 1 fully saturated rings. The molecule has 0 spiro atoms. The van der Waals surface area contributed by atoms with Gasteiger partial charge < -0.3 is 14.9 Å². The number of amides is 1. The first-order valence-corrected chi connectivity index (χ1v) is 10.7. The summed E-state index contributed by atoms with van der Waals surface area (Å²) in [6.07, 6.45) is 0. The van der Waals surface area contributed by atoms with Gasteiger partial charge in [0.15, 0.2) is 0 Å². The average molecular weight is 475 g/mol. The Morgan fingerprint density at radius 2 is 1.67 bits per heavy atom. The van der Waals surface area contributed by atoms with Gasteiger partial charge in [-0.3, -0.25) is 9.59 Å². The van der Waals surface area contributed by atoms with Gasteiger partial charge in [-0.2, -0.15) is 0 Å². The van der Waals surface area contributed by atoms with Crippen LogP contribution in [0.2, 0.25) is 0 Å². The van der Waals surface area contributed by atoms with E-state index in [9.17, 15) is 19.1 Å².